The van der Waals surface area contributed by atoms with Crippen LogP contribution in [0, 0.1) is 6.92 Å². The minimum absolute atomic E-state index is 0.542. The molecule has 0 atom stereocenters. The number of aryl methyl sites for hydroxylation is 1. The maximum atomic E-state index is 5.55. The molecule has 0 radical (unpaired) electrons. The van der Waals surface area contributed by atoms with E-state index in [4.69, 9.17) is 10.5 Å². The molecule has 0 saturated heterocycles. The summed E-state index contributed by atoms with van der Waals surface area (Å²) < 4.78 is 5.18. The first-order valence-electron chi connectivity index (χ1n) is 5.23. The van der Waals surface area contributed by atoms with Gasteiger partial charge in [0.2, 0.25) is 0 Å². The smallest absolute Gasteiger partial charge is 0.123 e. The molecule has 0 unspecified atom stereocenters. The van der Waals surface area contributed by atoms with Gasteiger partial charge < -0.3 is 10.5 Å². The molecule has 2 N–H and O–H groups in total. The SMILES string of the molecule is COc1ccc(Sc2ccc(N)nc2)c(C)c1. The Morgan fingerprint density at radius 2 is 2.06 bits per heavy atom. The summed E-state index contributed by atoms with van der Waals surface area (Å²) in [6.07, 6.45) is 1.78. The molecule has 0 aliphatic heterocycles. The van der Waals surface area contributed by atoms with Crippen LogP contribution in [-0.2, 0) is 0 Å². The highest BCUT2D eigenvalue weighted by Crippen LogP contribution is 2.31. The molecule has 3 nitrogen and oxygen atoms in total. The highest BCUT2D eigenvalue weighted by atomic mass is 32.2. The van der Waals surface area contributed by atoms with E-state index in [0.717, 1.165) is 10.6 Å². The maximum absolute atomic E-state index is 5.55. The Balaban J connectivity index is 2.21. The molecule has 4 heteroatoms. The van der Waals surface area contributed by atoms with Crippen molar-refractivity contribution < 1.29 is 4.74 Å². The molecule has 0 aliphatic carbocycles. The second kappa shape index (κ2) is 5.10. The third-order valence-corrected chi connectivity index (χ3v) is 3.52. The van der Waals surface area contributed by atoms with Gasteiger partial charge in [-0.25, -0.2) is 4.98 Å². The predicted octanol–water partition coefficient (Wildman–Crippen LogP) is 3.13. The maximum Gasteiger partial charge on any atom is 0.123 e. The number of pyridine rings is 1. The Morgan fingerprint density at radius 3 is 2.65 bits per heavy atom. The van der Waals surface area contributed by atoms with E-state index in [1.54, 1.807) is 31.1 Å². The number of hydrogen-bond acceptors (Lipinski definition) is 4. The van der Waals surface area contributed by atoms with Crippen LogP contribution in [0.25, 0.3) is 0 Å². The van der Waals surface area contributed by atoms with Crippen LogP contribution in [0.4, 0.5) is 5.82 Å². The van der Waals surface area contributed by atoms with E-state index in [0.29, 0.717) is 5.82 Å². The number of benzene rings is 1. The van der Waals surface area contributed by atoms with E-state index >= 15 is 0 Å². The summed E-state index contributed by atoms with van der Waals surface area (Å²) in [4.78, 5) is 6.34. The van der Waals surface area contributed by atoms with Gasteiger partial charge in [0.15, 0.2) is 0 Å². The summed E-state index contributed by atoms with van der Waals surface area (Å²) in [7, 11) is 1.67. The molecule has 88 valence electrons. The molecule has 1 aromatic heterocycles. The molecule has 0 fully saturated rings. The average Bonchev–Trinajstić information content (AvgIpc) is 2.34. The summed E-state index contributed by atoms with van der Waals surface area (Å²) >= 11 is 1.67. The molecular formula is C13H14N2OS. The lowest BCUT2D eigenvalue weighted by Crippen LogP contribution is -1.89. The summed E-state index contributed by atoms with van der Waals surface area (Å²) in [5, 5.41) is 0. The van der Waals surface area contributed by atoms with Gasteiger partial charge in [-0.05, 0) is 42.8 Å². The van der Waals surface area contributed by atoms with Crippen LogP contribution in [0.1, 0.15) is 5.56 Å². The zero-order valence-corrected chi connectivity index (χ0v) is 10.6. The summed E-state index contributed by atoms with van der Waals surface area (Å²) in [5.41, 5.74) is 6.74. The number of ether oxygens (including phenoxy) is 1. The van der Waals surface area contributed by atoms with Gasteiger partial charge in [0.05, 0.1) is 7.11 Å². The molecular weight excluding hydrogens is 232 g/mol. The van der Waals surface area contributed by atoms with E-state index in [2.05, 4.69) is 18.0 Å². The molecule has 1 heterocycles. The molecule has 0 amide bonds. The van der Waals surface area contributed by atoms with Gasteiger partial charge in [-0.1, -0.05) is 11.8 Å². The highest BCUT2D eigenvalue weighted by molar-refractivity contribution is 7.99. The topological polar surface area (TPSA) is 48.1 Å². The van der Waals surface area contributed by atoms with Gasteiger partial charge in [0.1, 0.15) is 11.6 Å². The van der Waals surface area contributed by atoms with Crippen LogP contribution < -0.4 is 10.5 Å². The number of nitrogens with zero attached hydrogens (tertiary/aromatic N) is 1. The second-order valence-corrected chi connectivity index (χ2v) is 4.77. The van der Waals surface area contributed by atoms with Gasteiger partial charge in [0, 0.05) is 16.0 Å². The fraction of sp³-hybridized carbons (Fsp3) is 0.154. The number of anilines is 1. The van der Waals surface area contributed by atoms with E-state index in [-0.39, 0.29) is 0 Å². The molecule has 0 spiro atoms. The summed E-state index contributed by atoms with van der Waals surface area (Å²) in [6.45, 7) is 2.07. The van der Waals surface area contributed by atoms with Crippen molar-refractivity contribution in [1.82, 2.24) is 4.98 Å². The van der Waals surface area contributed by atoms with E-state index in [1.807, 2.05) is 18.2 Å². The largest absolute Gasteiger partial charge is 0.497 e. The second-order valence-electron chi connectivity index (χ2n) is 3.65. The Morgan fingerprint density at radius 1 is 1.24 bits per heavy atom. The fourth-order valence-corrected chi connectivity index (χ4v) is 2.29. The van der Waals surface area contributed by atoms with E-state index in [1.165, 1.54) is 10.5 Å². The van der Waals surface area contributed by atoms with Gasteiger partial charge >= 0.3 is 0 Å². The van der Waals surface area contributed by atoms with Crippen LogP contribution in [0.3, 0.4) is 0 Å². The quantitative estimate of drug-likeness (QED) is 0.904. The Hall–Kier alpha value is -1.68. The normalized spacial score (nSPS) is 10.2. The molecule has 0 bridgehead atoms. The first-order chi connectivity index (χ1) is 8.19. The highest BCUT2D eigenvalue weighted by Gasteiger charge is 2.03. The molecule has 1 aromatic carbocycles. The van der Waals surface area contributed by atoms with E-state index < -0.39 is 0 Å². The zero-order valence-electron chi connectivity index (χ0n) is 9.81. The van der Waals surface area contributed by atoms with Crippen LogP contribution in [-0.4, -0.2) is 12.1 Å². The third kappa shape index (κ3) is 2.91. The van der Waals surface area contributed by atoms with E-state index in [9.17, 15) is 0 Å². The Bertz CT molecular complexity index is 511. The van der Waals surface area contributed by atoms with Gasteiger partial charge in [0.25, 0.3) is 0 Å². The minimum Gasteiger partial charge on any atom is -0.497 e. The number of methoxy groups -OCH3 is 1. The Labute approximate surface area is 105 Å². The first-order valence-corrected chi connectivity index (χ1v) is 6.04. The van der Waals surface area contributed by atoms with Crippen LogP contribution in [0.5, 0.6) is 5.75 Å². The average molecular weight is 246 g/mol. The standard InChI is InChI=1S/C13H14N2OS/c1-9-7-10(16-2)3-5-12(9)17-11-4-6-13(14)15-8-11/h3-8H,1-2H3,(H2,14,15). The molecule has 17 heavy (non-hydrogen) atoms. The molecule has 2 rings (SSSR count). The lowest BCUT2D eigenvalue weighted by atomic mass is 10.2. The van der Waals surface area contributed by atoms with Crippen molar-refractivity contribution in [3.8, 4) is 5.75 Å². The van der Waals surface area contributed by atoms with Crippen molar-refractivity contribution in [3.05, 3.63) is 42.1 Å². The Kier molecular flexibility index (Phi) is 3.54. The molecule has 0 saturated carbocycles. The molecule has 0 aliphatic rings. The lowest BCUT2D eigenvalue weighted by Gasteiger charge is -2.07. The first kappa shape index (κ1) is 11.8. The number of aromatic nitrogens is 1. The monoisotopic (exact) mass is 246 g/mol. The minimum atomic E-state index is 0.542. The lowest BCUT2D eigenvalue weighted by molar-refractivity contribution is 0.414. The number of hydrogen-bond donors (Lipinski definition) is 1. The van der Waals surface area contributed by atoms with Crippen LogP contribution >= 0.6 is 11.8 Å². The van der Waals surface area contributed by atoms with Crippen molar-refractivity contribution in [2.75, 3.05) is 12.8 Å². The van der Waals surface area contributed by atoms with Crippen LogP contribution in [0.2, 0.25) is 0 Å². The third-order valence-electron chi connectivity index (χ3n) is 2.37. The van der Waals surface area contributed by atoms with Crippen molar-refractivity contribution >= 4 is 17.6 Å². The number of nitrogens with two attached hydrogens (primary N) is 1. The van der Waals surface area contributed by atoms with Crippen molar-refractivity contribution in [2.24, 2.45) is 0 Å². The number of nitrogen functional groups attached to an aromatic ring is 1. The predicted molar refractivity (Wildman–Crippen MR) is 70.5 cm³/mol. The zero-order chi connectivity index (χ0) is 12.3. The molecule has 2 aromatic rings. The van der Waals surface area contributed by atoms with Crippen molar-refractivity contribution in [2.45, 2.75) is 16.7 Å². The van der Waals surface area contributed by atoms with Crippen molar-refractivity contribution in [3.63, 3.8) is 0 Å². The van der Waals surface area contributed by atoms with Crippen molar-refractivity contribution in [1.29, 1.82) is 0 Å². The van der Waals surface area contributed by atoms with Gasteiger partial charge in [-0.15, -0.1) is 0 Å². The number of rotatable bonds is 3. The fourth-order valence-electron chi connectivity index (χ4n) is 1.44. The van der Waals surface area contributed by atoms with Crippen LogP contribution in [0.15, 0.2) is 46.3 Å². The summed E-state index contributed by atoms with van der Waals surface area (Å²) in [6, 6.07) is 9.81. The van der Waals surface area contributed by atoms with Gasteiger partial charge in [-0.2, -0.15) is 0 Å². The van der Waals surface area contributed by atoms with Gasteiger partial charge in [-0.3, -0.25) is 0 Å². The summed E-state index contributed by atoms with van der Waals surface area (Å²) in [5.74, 6) is 1.42.